The summed E-state index contributed by atoms with van der Waals surface area (Å²) in [4.78, 5) is 28.0. The number of esters is 1. The van der Waals surface area contributed by atoms with E-state index in [-0.39, 0.29) is 31.4 Å². The molecule has 0 amide bonds. The fourth-order valence-electron chi connectivity index (χ4n) is 5.59. The quantitative estimate of drug-likeness (QED) is 0.309. The number of hydrogen-bond donors (Lipinski definition) is 2. The van der Waals surface area contributed by atoms with E-state index >= 15 is 0 Å². The van der Waals surface area contributed by atoms with Gasteiger partial charge in [0.2, 0.25) is 0 Å². The van der Waals surface area contributed by atoms with Crippen LogP contribution >= 0.6 is 0 Å². The molecule has 2 aliphatic heterocycles. The lowest BCUT2D eigenvalue weighted by molar-refractivity contribution is -0.0496. The number of aliphatic hydroxyl groups is 1. The summed E-state index contributed by atoms with van der Waals surface area (Å²) in [6.07, 6.45) is 2.24. The predicted octanol–water partition coefficient (Wildman–Crippen LogP) is 3.57. The number of Topliss-reactive ketones (excluding diaryl/α,β-unsaturated/α-hetero) is 1. The molecule has 0 aliphatic carbocycles. The van der Waals surface area contributed by atoms with Crippen LogP contribution < -0.4 is 10.6 Å². The molecule has 3 aromatic rings. The fourth-order valence-corrected chi connectivity index (χ4v) is 5.59. The van der Waals surface area contributed by atoms with E-state index in [1.54, 1.807) is 40.0 Å². The van der Waals surface area contributed by atoms with Gasteiger partial charge in [-0.2, -0.15) is 5.10 Å². The molecule has 2 aliphatic rings. The number of ether oxygens (including phenoxy) is 2. The molecule has 0 saturated carbocycles. The highest BCUT2D eigenvalue weighted by atomic mass is 16.6. The lowest BCUT2D eigenvalue weighted by Gasteiger charge is -2.28. The van der Waals surface area contributed by atoms with E-state index in [2.05, 4.69) is 12.0 Å². The van der Waals surface area contributed by atoms with Gasteiger partial charge in [0.05, 0.1) is 24.4 Å². The van der Waals surface area contributed by atoms with Crippen LogP contribution in [0.15, 0.2) is 60.8 Å². The Labute approximate surface area is 222 Å². The van der Waals surface area contributed by atoms with E-state index in [4.69, 9.17) is 15.2 Å². The fraction of sp³-hybridized carbons (Fsp3) is 0.414. The number of anilines is 1. The van der Waals surface area contributed by atoms with Crippen LogP contribution in [0.4, 0.5) is 5.69 Å². The van der Waals surface area contributed by atoms with Crippen molar-refractivity contribution in [3.05, 3.63) is 83.2 Å². The number of fused-ring (bicyclic) bond motifs is 3. The molecule has 2 unspecified atom stereocenters. The minimum Gasteiger partial charge on any atom is -0.459 e. The number of benzene rings is 2. The molecule has 1 saturated heterocycles. The molecule has 0 spiro atoms. The molecular weight excluding hydrogens is 484 g/mol. The molecule has 9 heteroatoms. The Hall–Kier alpha value is -3.53. The van der Waals surface area contributed by atoms with Crippen LogP contribution in [0.2, 0.25) is 0 Å². The Balaban J connectivity index is 1.37. The molecule has 9 nitrogen and oxygen atoms in total. The van der Waals surface area contributed by atoms with Crippen molar-refractivity contribution in [2.45, 2.75) is 63.6 Å². The Morgan fingerprint density at radius 3 is 2.66 bits per heavy atom. The zero-order chi connectivity index (χ0) is 26.9. The first-order chi connectivity index (χ1) is 18.4. The van der Waals surface area contributed by atoms with E-state index in [1.807, 2.05) is 37.3 Å². The van der Waals surface area contributed by atoms with E-state index < -0.39 is 23.9 Å². The number of rotatable bonds is 10. The summed E-state index contributed by atoms with van der Waals surface area (Å²) in [5.74, 6) is -0.595. The maximum Gasteiger partial charge on any atom is 0.338 e. The van der Waals surface area contributed by atoms with Crippen LogP contribution in [0.5, 0.6) is 0 Å². The van der Waals surface area contributed by atoms with Gasteiger partial charge in [-0.05, 0) is 31.5 Å². The molecule has 1 aromatic heterocycles. The zero-order valence-corrected chi connectivity index (χ0v) is 21.7. The van der Waals surface area contributed by atoms with Crippen LogP contribution in [0.25, 0.3) is 0 Å². The number of ketones is 1. The van der Waals surface area contributed by atoms with Gasteiger partial charge < -0.3 is 25.2 Å². The lowest BCUT2D eigenvalue weighted by Crippen LogP contribution is -2.44. The summed E-state index contributed by atoms with van der Waals surface area (Å²) >= 11 is 0. The Morgan fingerprint density at radius 2 is 1.92 bits per heavy atom. The highest BCUT2D eigenvalue weighted by Crippen LogP contribution is 2.51. The maximum atomic E-state index is 13.8. The SMILES string of the molecule is CCCC(N)c1cnn(CC)c1C(=O)CN1c2ccccc2[C@]2(O)C[C@@H](COC(=O)c3ccccc3)OC12. The molecule has 1 fully saturated rings. The van der Waals surface area contributed by atoms with Crippen molar-refractivity contribution in [2.75, 3.05) is 18.1 Å². The Morgan fingerprint density at radius 1 is 1.18 bits per heavy atom. The summed E-state index contributed by atoms with van der Waals surface area (Å²) in [5.41, 5.74) is 8.18. The summed E-state index contributed by atoms with van der Waals surface area (Å²) in [6.45, 7) is 4.51. The number of carbonyl (C=O) groups excluding carboxylic acids is 2. The summed E-state index contributed by atoms with van der Waals surface area (Å²) in [6, 6.07) is 15.9. The van der Waals surface area contributed by atoms with Crippen LogP contribution in [0.3, 0.4) is 0 Å². The first-order valence-electron chi connectivity index (χ1n) is 13.2. The van der Waals surface area contributed by atoms with Gasteiger partial charge in [-0.25, -0.2) is 4.79 Å². The number of nitrogens with zero attached hydrogens (tertiary/aromatic N) is 3. The largest absolute Gasteiger partial charge is 0.459 e. The van der Waals surface area contributed by atoms with Crippen molar-refractivity contribution < 1.29 is 24.2 Å². The normalized spacial score (nSPS) is 22.7. The minimum atomic E-state index is -1.34. The average Bonchev–Trinajstić information content (AvgIpc) is 3.58. The van der Waals surface area contributed by atoms with Gasteiger partial charge in [-0.1, -0.05) is 49.7 Å². The molecule has 38 heavy (non-hydrogen) atoms. The van der Waals surface area contributed by atoms with Gasteiger partial charge in [-0.15, -0.1) is 0 Å². The second kappa shape index (κ2) is 10.7. The summed E-state index contributed by atoms with van der Waals surface area (Å²) < 4.78 is 13.4. The summed E-state index contributed by atoms with van der Waals surface area (Å²) in [5, 5.41) is 16.2. The molecule has 200 valence electrons. The van der Waals surface area contributed by atoms with Gasteiger partial charge in [-0.3, -0.25) is 9.48 Å². The molecule has 2 aromatic carbocycles. The zero-order valence-electron chi connectivity index (χ0n) is 21.7. The van der Waals surface area contributed by atoms with E-state index in [1.165, 1.54) is 0 Å². The van der Waals surface area contributed by atoms with Crippen LogP contribution in [0.1, 0.15) is 71.1 Å². The molecule has 5 rings (SSSR count). The first kappa shape index (κ1) is 26.1. The van der Waals surface area contributed by atoms with Crippen molar-refractivity contribution in [3.63, 3.8) is 0 Å². The third-order valence-electron chi connectivity index (χ3n) is 7.39. The van der Waals surface area contributed by atoms with Gasteiger partial charge >= 0.3 is 5.97 Å². The van der Waals surface area contributed by atoms with E-state index in [0.717, 1.165) is 24.1 Å². The van der Waals surface area contributed by atoms with Crippen LogP contribution in [-0.4, -0.2) is 52.1 Å². The number of aryl methyl sites for hydroxylation is 1. The third-order valence-corrected chi connectivity index (χ3v) is 7.39. The highest BCUT2D eigenvalue weighted by molar-refractivity contribution is 5.99. The predicted molar refractivity (Wildman–Crippen MR) is 142 cm³/mol. The third kappa shape index (κ3) is 4.62. The monoisotopic (exact) mass is 518 g/mol. The number of aromatic nitrogens is 2. The molecule has 3 N–H and O–H groups in total. The second-order valence-corrected chi connectivity index (χ2v) is 9.93. The molecule has 0 radical (unpaired) electrons. The minimum absolute atomic E-state index is 0.00485. The van der Waals surface area contributed by atoms with Crippen molar-refractivity contribution in [1.82, 2.24) is 9.78 Å². The van der Waals surface area contributed by atoms with Crippen molar-refractivity contribution >= 4 is 17.4 Å². The first-order valence-corrected chi connectivity index (χ1v) is 13.2. The topological polar surface area (TPSA) is 120 Å². The highest BCUT2D eigenvalue weighted by Gasteiger charge is 2.57. The van der Waals surface area contributed by atoms with Crippen molar-refractivity contribution in [2.24, 2.45) is 5.73 Å². The number of para-hydroxylation sites is 1. The van der Waals surface area contributed by atoms with E-state index in [9.17, 15) is 14.7 Å². The lowest BCUT2D eigenvalue weighted by atomic mass is 9.91. The Kier molecular flexibility index (Phi) is 7.34. The van der Waals surface area contributed by atoms with Gasteiger partial charge in [0.1, 0.15) is 17.9 Å². The van der Waals surface area contributed by atoms with Crippen LogP contribution in [0, 0.1) is 0 Å². The summed E-state index contributed by atoms with van der Waals surface area (Å²) in [7, 11) is 0. The number of carbonyl (C=O) groups is 2. The van der Waals surface area contributed by atoms with Crippen molar-refractivity contribution in [3.8, 4) is 0 Å². The maximum absolute atomic E-state index is 13.8. The van der Waals surface area contributed by atoms with Gasteiger partial charge in [0, 0.05) is 35.8 Å². The van der Waals surface area contributed by atoms with E-state index in [0.29, 0.717) is 23.4 Å². The number of hydrogen-bond acceptors (Lipinski definition) is 8. The molecule has 3 heterocycles. The standard InChI is InChI=1S/C29H34N4O5/c1-3-10-23(30)21-16-31-33(4-2)26(21)25(34)17-32-24-14-9-8-13-22(24)29(36)15-20(38-28(29)32)18-37-27(35)19-11-6-5-7-12-19/h5-9,11-14,16,20,23,28,36H,3-4,10,15,17-18,30H2,1-2H3/t20-,23?,28?,29+/m0/s1. The smallest absolute Gasteiger partial charge is 0.338 e. The Bertz CT molecular complexity index is 1310. The molecule has 4 atom stereocenters. The van der Waals surface area contributed by atoms with Gasteiger partial charge in [0.25, 0.3) is 0 Å². The van der Waals surface area contributed by atoms with Crippen LogP contribution in [-0.2, 0) is 21.6 Å². The second-order valence-electron chi connectivity index (χ2n) is 9.93. The molecular formula is C29H34N4O5. The average molecular weight is 519 g/mol. The van der Waals surface area contributed by atoms with Gasteiger partial charge in [0.15, 0.2) is 12.0 Å². The number of nitrogens with two attached hydrogens (primary N) is 1. The van der Waals surface area contributed by atoms with Crippen molar-refractivity contribution in [1.29, 1.82) is 0 Å². The molecule has 0 bridgehead atoms.